The Bertz CT molecular complexity index is 1040. The Morgan fingerprint density at radius 2 is 1.83 bits per heavy atom. The van der Waals surface area contributed by atoms with Crippen molar-refractivity contribution < 1.29 is 40.8 Å². The van der Waals surface area contributed by atoms with Gasteiger partial charge in [-0.15, -0.1) is 18.2 Å². The third-order valence-corrected chi connectivity index (χ3v) is 5.31. The standard InChI is InChI=1S/C17H14F3N3O6S/c18-17(19,20)28-13-5-1-2-6-14(13)30(26,27)22-15(24)12-9-23(10-12)29-16(25)11-4-3-7-21-8-11/h1-8,12H,9-10H2,(H,22,24). The molecule has 0 atom stereocenters. The molecular formula is C17H14F3N3O6S. The van der Waals surface area contributed by atoms with E-state index >= 15 is 0 Å². The van der Waals surface area contributed by atoms with E-state index in [1.54, 1.807) is 4.72 Å². The van der Waals surface area contributed by atoms with Gasteiger partial charge in [-0.1, -0.05) is 12.1 Å². The van der Waals surface area contributed by atoms with Crippen LogP contribution >= 0.6 is 0 Å². The molecule has 1 aliphatic rings. The maximum absolute atomic E-state index is 12.5. The smallest absolute Gasteiger partial charge is 0.404 e. The van der Waals surface area contributed by atoms with Crippen LogP contribution in [0.15, 0.2) is 53.7 Å². The second-order valence-corrected chi connectivity index (χ2v) is 7.78. The third-order valence-electron chi connectivity index (χ3n) is 3.93. The lowest BCUT2D eigenvalue weighted by molar-refractivity contribution is -0.275. The molecule has 1 saturated heterocycles. The third kappa shape index (κ3) is 5.24. The van der Waals surface area contributed by atoms with E-state index in [1.165, 1.54) is 30.6 Å². The van der Waals surface area contributed by atoms with Gasteiger partial charge in [-0.05, 0) is 24.3 Å². The topological polar surface area (TPSA) is 115 Å². The first-order valence-corrected chi connectivity index (χ1v) is 9.82. The minimum absolute atomic E-state index is 0.0892. The molecule has 0 saturated carbocycles. The number of aromatic nitrogens is 1. The monoisotopic (exact) mass is 445 g/mol. The van der Waals surface area contributed by atoms with Crippen molar-refractivity contribution in [1.82, 2.24) is 14.8 Å². The summed E-state index contributed by atoms with van der Waals surface area (Å²) in [5.41, 5.74) is 0.189. The highest BCUT2D eigenvalue weighted by Gasteiger charge is 2.39. The molecule has 2 aromatic rings. The van der Waals surface area contributed by atoms with Gasteiger partial charge in [0.2, 0.25) is 5.91 Å². The number of carbonyl (C=O) groups excluding carboxylic acids is 2. The van der Waals surface area contributed by atoms with Crippen LogP contribution in [0.4, 0.5) is 13.2 Å². The van der Waals surface area contributed by atoms with E-state index in [2.05, 4.69) is 9.72 Å². The molecule has 0 aliphatic carbocycles. The zero-order chi connectivity index (χ0) is 21.9. The fraction of sp³-hybridized carbons (Fsp3) is 0.235. The SMILES string of the molecule is O=C(ON1CC(C(=O)NS(=O)(=O)c2ccccc2OC(F)(F)F)C1)c1cccnc1. The van der Waals surface area contributed by atoms with Crippen LogP contribution in [0.1, 0.15) is 10.4 Å². The molecule has 1 fully saturated rings. The van der Waals surface area contributed by atoms with Crippen LogP contribution in [-0.4, -0.2) is 49.8 Å². The Kier molecular flexibility index (Phi) is 5.94. The number of alkyl halides is 3. The Morgan fingerprint density at radius 1 is 1.13 bits per heavy atom. The van der Waals surface area contributed by atoms with E-state index in [1.807, 2.05) is 0 Å². The Balaban J connectivity index is 1.59. The van der Waals surface area contributed by atoms with Crippen LogP contribution in [0.3, 0.4) is 0 Å². The predicted octanol–water partition coefficient (Wildman–Crippen LogP) is 1.49. The number of nitrogens with one attached hydrogen (secondary N) is 1. The molecule has 1 aromatic carbocycles. The molecule has 9 nitrogen and oxygen atoms in total. The minimum Gasteiger partial charge on any atom is -0.404 e. The summed E-state index contributed by atoms with van der Waals surface area (Å²) in [7, 11) is -4.63. The van der Waals surface area contributed by atoms with Crippen molar-refractivity contribution in [2.45, 2.75) is 11.3 Å². The fourth-order valence-corrected chi connectivity index (χ4v) is 3.66. The van der Waals surface area contributed by atoms with Gasteiger partial charge in [0.1, 0.15) is 10.6 Å². The number of hydrogen-bond donors (Lipinski definition) is 1. The number of rotatable bonds is 6. The van der Waals surface area contributed by atoms with Crippen LogP contribution in [0.5, 0.6) is 5.75 Å². The first-order valence-electron chi connectivity index (χ1n) is 8.34. The lowest BCUT2D eigenvalue weighted by atomic mass is 10.0. The number of carbonyl (C=O) groups is 2. The van der Waals surface area contributed by atoms with Gasteiger partial charge < -0.3 is 9.57 Å². The van der Waals surface area contributed by atoms with Crippen molar-refractivity contribution in [2.75, 3.05) is 13.1 Å². The Morgan fingerprint density at radius 3 is 2.47 bits per heavy atom. The molecule has 1 N–H and O–H groups in total. The molecule has 3 rings (SSSR count). The average Bonchev–Trinajstić information content (AvgIpc) is 2.63. The molecule has 0 unspecified atom stereocenters. The number of ether oxygens (including phenoxy) is 1. The van der Waals surface area contributed by atoms with Gasteiger partial charge in [0, 0.05) is 25.5 Å². The number of halogens is 3. The van der Waals surface area contributed by atoms with Crippen molar-refractivity contribution in [2.24, 2.45) is 5.92 Å². The van der Waals surface area contributed by atoms with E-state index < -0.39 is 44.8 Å². The van der Waals surface area contributed by atoms with E-state index in [9.17, 15) is 31.2 Å². The number of pyridine rings is 1. The van der Waals surface area contributed by atoms with Gasteiger partial charge in [-0.3, -0.25) is 9.78 Å². The largest absolute Gasteiger partial charge is 0.573 e. The second-order valence-electron chi connectivity index (χ2n) is 6.13. The normalized spacial score (nSPS) is 15.2. The van der Waals surface area contributed by atoms with Gasteiger partial charge in [0.15, 0.2) is 0 Å². The summed E-state index contributed by atoms with van der Waals surface area (Å²) in [6, 6.07) is 7.04. The van der Waals surface area contributed by atoms with E-state index in [-0.39, 0.29) is 18.7 Å². The van der Waals surface area contributed by atoms with Crippen molar-refractivity contribution in [1.29, 1.82) is 0 Å². The molecular weight excluding hydrogens is 431 g/mol. The quantitative estimate of drug-likeness (QED) is 0.711. The highest BCUT2D eigenvalue weighted by molar-refractivity contribution is 7.90. The van der Waals surface area contributed by atoms with Gasteiger partial charge in [-0.25, -0.2) is 17.9 Å². The first kappa shape index (κ1) is 21.5. The molecule has 1 amide bonds. The number of hydrogen-bond acceptors (Lipinski definition) is 8. The van der Waals surface area contributed by atoms with E-state index in [0.29, 0.717) is 0 Å². The Labute approximate surface area is 168 Å². The van der Waals surface area contributed by atoms with Gasteiger partial charge in [0.05, 0.1) is 11.5 Å². The molecule has 2 heterocycles. The second kappa shape index (κ2) is 8.28. The number of para-hydroxylation sites is 1. The first-order chi connectivity index (χ1) is 14.0. The van der Waals surface area contributed by atoms with Crippen LogP contribution in [0.2, 0.25) is 0 Å². The summed E-state index contributed by atoms with van der Waals surface area (Å²) in [5, 5.41) is 1.15. The molecule has 0 radical (unpaired) electrons. The van der Waals surface area contributed by atoms with Crippen molar-refractivity contribution in [3.8, 4) is 5.75 Å². The van der Waals surface area contributed by atoms with Crippen molar-refractivity contribution in [3.05, 3.63) is 54.4 Å². The molecule has 160 valence electrons. The summed E-state index contributed by atoms with van der Waals surface area (Å²) < 4.78 is 67.6. The summed E-state index contributed by atoms with van der Waals surface area (Å²) in [6.45, 7) is -0.178. The van der Waals surface area contributed by atoms with Crippen LogP contribution in [0.25, 0.3) is 0 Å². The average molecular weight is 445 g/mol. The summed E-state index contributed by atoms with van der Waals surface area (Å²) in [6.07, 6.45) is -2.35. The van der Waals surface area contributed by atoms with Crippen LogP contribution in [-0.2, 0) is 19.7 Å². The van der Waals surface area contributed by atoms with Gasteiger partial charge in [0.25, 0.3) is 10.0 Å². The molecule has 0 bridgehead atoms. The minimum atomic E-state index is -5.11. The maximum atomic E-state index is 12.5. The zero-order valence-electron chi connectivity index (χ0n) is 15.0. The highest BCUT2D eigenvalue weighted by atomic mass is 32.2. The summed E-state index contributed by atoms with van der Waals surface area (Å²) >= 11 is 0. The molecule has 13 heteroatoms. The predicted molar refractivity (Wildman–Crippen MR) is 93.2 cm³/mol. The van der Waals surface area contributed by atoms with Gasteiger partial charge in [-0.2, -0.15) is 0 Å². The van der Waals surface area contributed by atoms with Crippen LogP contribution in [0, 0.1) is 5.92 Å². The number of benzene rings is 1. The molecule has 1 aliphatic heterocycles. The van der Waals surface area contributed by atoms with E-state index in [0.717, 1.165) is 23.3 Å². The van der Waals surface area contributed by atoms with Crippen molar-refractivity contribution >= 4 is 21.9 Å². The number of nitrogens with zero attached hydrogens (tertiary/aromatic N) is 2. The summed E-state index contributed by atoms with van der Waals surface area (Å²) in [5.74, 6) is -3.47. The number of amides is 1. The summed E-state index contributed by atoms with van der Waals surface area (Å²) in [4.78, 5) is 32.0. The Hall–Kier alpha value is -3.19. The molecule has 1 aromatic heterocycles. The van der Waals surface area contributed by atoms with Crippen molar-refractivity contribution in [3.63, 3.8) is 0 Å². The lowest BCUT2D eigenvalue weighted by Crippen LogP contribution is -2.54. The van der Waals surface area contributed by atoms with E-state index in [4.69, 9.17) is 4.84 Å². The highest BCUT2D eigenvalue weighted by Crippen LogP contribution is 2.29. The number of sulfonamides is 1. The maximum Gasteiger partial charge on any atom is 0.573 e. The van der Waals surface area contributed by atoms with Crippen LogP contribution < -0.4 is 9.46 Å². The number of hydroxylamine groups is 2. The van der Waals surface area contributed by atoms with Gasteiger partial charge >= 0.3 is 12.3 Å². The molecule has 30 heavy (non-hydrogen) atoms. The fourth-order valence-electron chi connectivity index (χ4n) is 2.48. The zero-order valence-corrected chi connectivity index (χ0v) is 15.8. The lowest BCUT2D eigenvalue weighted by Gasteiger charge is -2.35. The molecule has 0 spiro atoms.